The van der Waals surface area contributed by atoms with Crippen molar-refractivity contribution in [1.29, 1.82) is 0 Å². The fraction of sp³-hybridized carbons (Fsp3) is 0.200. The zero-order valence-corrected chi connectivity index (χ0v) is 17.2. The summed E-state index contributed by atoms with van der Waals surface area (Å²) in [6.07, 6.45) is 0. The van der Waals surface area contributed by atoms with E-state index in [0.29, 0.717) is 16.7 Å². The minimum Gasteiger partial charge on any atom is -0.338 e. The third-order valence-corrected chi connectivity index (χ3v) is 5.45. The molecule has 28 heavy (non-hydrogen) atoms. The Labute approximate surface area is 172 Å². The van der Waals surface area contributed by atoms with E-state index in [9.17, 15) is 0 Å². The van der Waals surface area contributed by atoms with E-state index in [1.807, 2.05) is 47.9 Å². The van der Waals surface area contributed by atoms with E-state index in [4.69, 9.17) is 16.1 Å². The number of hydrogen-bond donors (Lipinski definition) is 0. The van der Waals surface area contributed by atoms with Crippen molar-refractivity contribution in [1.82, 2.24) is 24.9 Å². The molecule has 2 aromatic heterocycles. The number of hydrogen-bond acceptors (Lipinski definition) is 6. The topological polar surface area (TPSA) is 69.6 Å². The summed E-state index contributed by atoms with van der Waals surface area (Å²) in [5.74, 6) is 1.93. The first-order valence-corrected chi connectivity index (χ1v) is 10.0. The highest BCUT2D eigenvalue weighted by Gasteiger charge is 2.22. The van der Waals surface area contributed by atoms with Crippen LogP contribution < -0.4 is 0 Å². The number of halogens is 1. The smallest absolute Gasteiger partial charge is 0.239 e. The predicted octanol–water partition coefficient (Wildman–Crippen LogP) is 5.44. The van der Waals surface area contributed by atoms with Gasteiger partial charge >= 0.3 is 0 Å². The molecular weight excluding hydrogens is 394 g/mol. The van der Waals surface area contributed by atoms with E-state index >= 15 is 0 Å². The molecule has 0 amide bonds. The van der Waals surface area contributed by atoms with Gasteiger partial charge in [-0.15, -0.1) is 10.2 Å². The van der Waals surface area contributed by atoms with Crippen molar-refractivity contribution in [2.24, 2.45) is 0 Å². The third-order valence-electron chi connectivity index (χ3n) is 4.17. The molecule has 0 spiro atoms. The molecular formula is C20H18ClN5OS. The molecule has 8 heteroatoms. The first kappa shape index (κ1) is 18.7. The van der Waals surface area contributed by atoms with Crippen molar-refractivity contribution in [3.63, 3.8) is 0 Å². The van der Waals surface area contributed by atoms with Crippen LogP contribution in [0.4, 0.5) is 0 Å². The third kappa shape index (κ3) is 3.81. The van der Waals surface area contributed by atoms with Crippen LogP contribution in [-0.2, 0) is 0 Å². The lowest BCUT2D eigenvalue weighted by Crippen LogP contribution is -2.01. The summed E-state index contributed by atoms with van der Waals surface area (Å²) in [7, 11) is 0. The predicted molar refractivity (Wildman–Crippen MR) is 110 cm³/mol. The average Bonchev–Trinajstić information content (AvgIpc) is 3.29. The van der Waals surface area contributed by atoms with Crippen LogP contribution in [0.5, 0.6) is 0 Å². The van der Waals surface area contributed by atoms with Gasteiger partial charge in [0, 0.05) is 16.3 Å². The van der Waals surface area contributed by atoms with Crippen LogP contribution in [0.1, 0.15) is 29.5 Å². The van der Waals surface area contributed by atoms with Crippen LogP contribution in [-0.4, -0.2) is 24.9 Å². The van der Waals surface area contributed by atoms with Crippen molar-refractivity contribution < 1.29 is 4.52 Å². The van der Waals surface area contributed by atoms with E-state index in [1.54, 1.807) is 6.92 Å². The van der Waals surface area contributed by atoms with Gasteiger partial charge in [0.25, 0.3) is 0 Å². The van der Waals surface area contributed by atoms with Gasteiger partial charge in [-0.25, -0.2) is 0 Å². The Morgan fingerprint density at radius 3 is 2.54 bits per heavy atom. The number of thioether (sulfide) groups is 1. The molecule has 142 valence electrons. The summed E-state index contributed by atoms with van der Waals surface area (Å²) in [5.41, 5.74) is 3.09. The first-order valence-electron chi connectivity index (χ1n) is 8.76. The standard InChI is InChI=1S/C20H18ClN5OS/c1-12-5-4-6-17(11-12)26-18(15-7-9-16(21)10-8-15)23-24-20(26)28-13(2)19-22-14(3)25-27-19/h4-11,13H,1-3H3. The fourth-order valence-corrected chi connectivity index (χ4v) is 3.84. The van der Waals surface area contributed by atoms with E-state index < -0.39 is 0 Å². The quantitative estimate of drug-likeness (QED) is 0.407. The highest BCUT2D eigenvalue weighted by Crippen LogP contribution is 2.36. The minimum atomic E-state index is -0.0629. The second-order valence-corrected chi connectivity index (χ2v) is 8.17. The van der Waals surface area contributed by atoms with Crippen LogP contribution in [0.15, 0.2) is 58.2 Å². The summed E-state index contributed by atoms with van der Waals surface area (Å²) < 4.78 is 7.36. The largest absolute Gasteiger partial charge is 0.338 e. The second kappa shape index (κ2) is 7.77. The summed E-state index contributed by atoms with van der Waals surface area (Å²) in [4.78, 5) is 4.33. The van der Waals surface area contributed by atoms with Gasteiger partial charge in [-0.2, -0.15) is 4.98 Å². The Hall–Kier alpha value is -2.64. The monoisotopic (exact) mass is 411 g/mol. The SMILES string of the molecule is Cc1cccc(-n2c(SC(C)c3nc(C)no3)nnc2-c2ccc(Cl)cc2)c1. The lowest BCUT2D eigenvalue weighted by Gasteiger charge is -2.12. The zero-order valence-electron chi connectivity index (χ0n) is 15.6. The van der Waals surface area contributed by atoms with Crippen LogP contribution in [0, 0.1) is 13.8 Å². The molecule has 0 bridgehead atoms. The molecule has 4 rings (SSSR count). The molecule has 0 aliphatic heterocycles. The van der Waals surface area contributed by atoms with Crippen LogP contribution in [0.3, 0.4) is 0 Å². The van der Waals surface area contributed by atoms with Crippen molar-refractivity contribution in [2.45, 2.75) is 31.2 Å². The van der Waals surface area contributed by atoms with E-state index in [2.05, 4.69) is 39.4 Å². The molecule has 0 saturated carbocycles. The second-order valence-electron chi connectivity index (χ2n) is 6.43. The molecule has 0 fully saturated rings. The number of aryl methyl sites for hydroxylation is 2. The Kier molecular flexibility index (Phi) is 5.19. The summed E-state index contributed by atoms with van der Waals surface area (Å²) >= 11 is 7.57. The van der Waals surface area contributed by atoms with Crippen molar-refractivity contribution in [3.05, 3.63) is 70.8 Å². The zero-order chi connectivity index (χ0) is 19.7. The first-order chi connectivity index (χ1) is 13.5. The molecule has 0 radical (unpaired) electrons. The van der Waals surface area contributed by atoms with Gasteiger partial charge in [0.15, 0.2) is 16.8 Å². The van der Waals surface area contributed by atoms with E-state index in [0.717, 1.165) is 27.8 Å². The molecule has 2 aromatic carbocycles. The van der Waals surface area contributed by atoms with E-state index in [1.165, 1.54) is 11.8 Å². The summed E-state index contributed by atoms with van der Waals surface area (Å²) in [6.45, 7) is 5.87. The molecule has 1 unspecified atom stereocenters. The number of nitrogens with zero attached hydrogens (tertiary/aromatic N) is 5. The molecule has 4 aromatic rings. The fourth-order valence-electron chi connectivity index (χ4n) is 2.82. The lowest BCUT2D eigenvalue weighted by molar-refractivity contribution is 0.376. The number of rotatable bonds is 5. The summed E-state index contributed by atoms with van der Waals surface area (Å²) in [6, 6.07) is 15.8. The molecule has 1 atom stereocenters. The molecule has 0 aliphatic rings. The van der Waals surface area contributed by atoms with Gasteiger partial charge in [-0.3, -0.25) is 4.57 Å². The highest BCUT2D eigenvalue weighted by molar-refractivity contribution is 7.99. The van der Waals surface area contributed by atoms with E-state index in [-0.39, 0.29) is 5.25 Å². The van der Waals surface area contributed by atoms with Crippen molar-refractivity contribution in [3.8, 4) is 17.1 Å². The Balaban J connectivity index is 1.79. The molecule has 0 N–H and O–H groups in total. The maximum atomic E-state index is 6.05. The van der Waals surface area contributed by atoms with Gasteiger partial charge in [-0.05, 0) is 62.7 Å². The molecule has 0 aliphatic carbocycles. The van der Waals surface area contributed by atoms with Gasteiger partial charge in [0.05, 0.1) is 5.25 Å². The van der Waals surface area contributed by atoms with Gasteiger partial charge < -0.3 is 4.52 Å². The minimum absolute atomic E-state index is 0.0629. The van der Waals surface area contributed by atoms with Crippen molar-refractivity contribution in [2.75, 3.05) is 0 Å². The van der Waals surface area contributed by atoms with Crippen molar-refractivity contribution >= 4 is 23.4 Å². The van der Waals surface area contributed by atoms with Gasteiger partial charge in [-0.1, -0.05) is 40.7 Å². The van der Waals surface area contributed by atoms with Crippen LogP contribution >= 0.6 is 23.4 Å². The van der Waals surface area contributed by atoms with Crippen LogP contribution in [0.25, 0.3) is 17.1 Å². The maximum Gasteiger partial charge on any atom is 0.239 e. The number of benzene rings is 2. The lowest BCUT2D eigenvalue weighted by atomic mass is 10.2. The molecule has 2 heterocycles. The van der Waals surface area contributed by atoms with Gasteiger partial charge in [0.2, 0.25) is 5.89 Å². The summed E-state index contributed by atoms with van der Waals surface area (Å²) in [5, 5.41) is 14.1. The Morgan fingerprint density at radius 2 is 1.86 bits per heavy atom. The molecule has 0 saturated heterocycles. The number of aromatic nitrogens is 5. The maximum absolute atomic E-state index is 6.05. The van der Waals surface area contributed by atoms with Crippen LogP contribution in [0.2, 0.25) is 5.02 Å². The normalized spacial score (nSPS) is 12.3. The Morgan fingerprint density at radius 1 is 1.07 bits per heavy atom. The van der Waals surface area contributed by atoms with Gasteiger partial charge in [0.1, 0.15) is 0 Å². The highest BCUT2D eigenvalue weighted by atomic mass is 35.5. The average molecular weight is 412 g/mol. The Bertz CT molecular complexity index is 1110. The molecule has 6 nitrogen and oxygen atoms in total.